The van der Waals surface area contributed by atoms with Gasteiger partial charge in [0.05, 0.1) is 6.26 Å². The van der Waals surface area contributed by atoms with Crippen molar-refractivity contribution in [3.63, 3.8) is 0 Å². The van der Waals surface area contributed by atoms with E-state index < -0.39 is 0 Å². The molecular formula is C12H14O2. The molecule has 0 spiro atoms. The van der Waals surface area contributed by atoms with Gasteiger partial charge in [0.2, 0.25) is 5.78 Å². The Hall–Kier alpha value is -1.05. The Morgan fingerprint density at radius 2 is 2.29 bits per heavy atom. The molecule has 0 saturated heterocycles. The Bertz CT molecular complexity index is 339. The third kappa shape index (κ3) is 1.13. The van der Waals surface area contributed by atoms with Crippen LogP contribution >= 0.6 is 0 Å². The maximum Gasteiger partial charge on any atom is 0.201 e. The van der Waals surface area contributed by atoms with E-state index in [-0.39, 0.29) is 11.7 Å². The Morgan fingerprint density at radius 3 is 2.86 bits per heavy atom. The monoisotopic (exact) mass is 190 g/mol. The normalized spacial score (nSPS) is 35.0. The second kappa shape index (κ2) is 2.97. The molecule has 2 heteroatoms. The van der Waals surface area contributed by atoms with Crippen molar-refractivity contribution in [3.8, 4) is 0 Å². The van der Waals surface area contributed by atoms with Crippen LogP contribution in [0.5, 0.6) is 0 Å². The minimum atomic E-state index is 0.238. The van der Waals surface area contributed by atoms with Crippen LogP contribution in [0, 0.1) is 17.8 Å². The van der Waals surface area contributed by atoms with Gasteiger partial charge in [0.25, 0.3) is 0 Å². The summed E-state index contributed by atoms with van der Waals surface area (Å²) in [5.74, 6) is 2.53. The highest BCUT2D eigenvalue weighted by molar-refractivity contribution is 5.95. The zero-order valence-electron chi connectivity index (χ0n) is 8.11. The van der Waals surface area contributed by atoms with Crippen molar-refractivity contribution in [3.05, 3.63) is 24.2 Å². The largest absolute Gasteiger partial charge is 0.461 e. The third-order valence-electron chi connectivity index (χ3n) is 3.84. The number of hydrogen-bond acceptors (Lipinski definition) is 2. The van der Waals surface area contributed by atoms with E-state index >= 15 is 0 Å². The van der Waals surface area contributed by atoms with E-state index in [2.05, 4.69) is 0 Å². The van der Waals surface area contributed by atoms with Crippen molar-refractivity contribution >= 4 is 5.78 Å². The van der Waals surface area contributed by atoms with E-state index in [0.717, 1.165) is 12.3 Å². The molecule has 2 fully saturated rings. The molecule has 0 radical (unpaired) electrons. The molecule has 2 aliphatic carbocycles. The fourth-order valence-corrected chi connectivity index (χ4v) is 3.17. The van der Waals surface area contributed by atoms with Gasteiger partial charge in [0.15, 0.2) is 5.76 Å². The van der Waals surface area contributed by atoms with Crippen LogP contribution in [0.15, 0.2) is 22.8 Å². The highest BCUT2D eigenvalue weighted by Gasteiger charge is 2.43. The van der Waals surface area contributed by atoms with Gasteiger partial charge in [-0.25, -0.2) is 0 Å². The maximum absolute atomic E-state index is 12.0. The van der Waals surface area contributed by atoms with Crippen LogP contribution < -0.4 is 0 Å². The Kier molecular flexibility index (Phi) is 1.76. The highest BCUT2D eigenvalue weighted by Crippen LogP contribution is 2.49. The molecule has 2 nitrogen and oxygen atoms in total. The van der Waals surface area contributed by atoms with Crippen LogP contribution in [-0.2, 0) is 0 Å². The predicted molar refractivity (Wildman–Crippen MR) is 52.0 cm³/mol. The first-order chi connectivity index (χ1) is 6.84. The molecule has 0 aromatic carbocycles. The van der Waals surface area contributed by atoms with Crippen LogP contribution in [-0.4, -0.2) is 5.78 Å². The molecule has 1 aromatic heterocycles. The summed E-state index contributed by atoms with van der Waals surface area (Å²) in [5.41, 5.74) is 0. The van der Waals surface area contributed by atoms with Gasteiger partial charge in [-0.15, -0.1) is 0 Å². The molecular weight excluding hydrogens is 176 g/mol. The standard InChI is InChI=1S/C12H14O2/c13-12(11-2-1-5-14-11)10-7-8-3-4-9(10)6-8/h1-2,5,8-10H,3-4,6-7H2. The lowest BCUT2D eigenvalue weighted by Gasteiger charge is -2.18. The molecule has 3 rings (SSSR count). The lowest BCUT2D eigenvalue weighted by molar-refractivity contribution is 0.0845. The van der Waals surface area contributed by atoms with Gasteiger partial charge >= 0.3 is 0 Å². The minimum absolute atomic E-state index is 0.238. The number of ketones is 1. The predicted octanol–water partition coefficient (Wildman–Crippen LogP) is 2.90. The molecule has 0 amide bonds. The Labute approximate surface area is 83.3 Å². The van der Waals surface area contributed by atoms with Gasteiger partial charge in [0.1, 0.15) is 0 Å². The summed E-state index contributed by atoms with van der Waals surface area (Å²) in [4.78, 5) is 12.0. The topological polar surface area (TPSA) is 30.2 Å². The number of Topliss-reactive ketones (excluding diaryl/α,β-unsaturated/α-hetero) is 1. The molecule has 74 valence electrons. The lowest BCUT2D eigenvalue weighted by atomic mass is 9.85. The van der Waals surface area contributed by atoms with Gasteiger partial charge < -0.3 is 4.42 Å². The van der Waals surface area contributed by atoms with Crippen LogP contribution in [0.25, 0.3) is 0 Å². The molecule has 1 aromatic rings. The lowest BCUT2D eigenvalue weighted by Crippen LogP contribution is -2.20. The number of fused-ring (bicyclic) bond motifs is 2. The van der Waals surface area contributed by atoms with Crippen LogP contribution in [0.2, 0.25) is 0 Å². The number of carbonyl (C=O) groups excluding carboxylic acids is 1. The van der Waals surface area contributed by atoms with Crippen LogP contribution in [0.3, 0.4) is 0 Å². The van der Waals surface area contributed by atoms with E-state index in [1.54, 1.807) is 18.4 Å². The van der Waals surface area contributed by atoms with Crippen LogP contribution in [0.1, 0.15) is 36.2 Å². The summed E-state index contributed by atoms with van der Waals surface area (Å²) >= 11 is 0. The fourth-order valence-electron chi connectivity index (χ4n) is 3.17. The number of hydrogen-bond donors (Lipinski definition) is 0. The molecule has 0 aliphatic heterocycles. The fraction of sp³-hybridized carbons (Fsp3) is 0.583. The first-order valence-electron chi connectivity index (χ1n) is 5.42. The second-order valence-corrected chi connectivity index (χ2v) is 4.62. The Morgan fingerprint density at radius 1 is 1.36 bits per heavy atom. The molecule has 2 aliphatic rings. The van der Waals surface area contributed by atoms with Crippen molar-refractivity contribution in [2.45, 2.75) is 25.7 Å². The van der Waals surface area contributed by atoms with Gasteiger partial charge in [-0.2, -0.15) is 0 Å². The summed E-state index contributed by atoms with van der Waals surface area (Å²) in [5, 5.41) is 0. The molecule has 1 heterocycles. The molecule has 3 unspecified atom stereocenters. The smallest absolute Gasteiger partial charge is 0.201 e. The maximum atomic E-state index is 12.0. The summed E-state index contributed by atoms with van der Waals surface area (Å²) < 4.78 is 5.17. The van der Waals surface area contributed by atoms with Crippen molar-refractivity contribution in [2.75, 3.05) is 0 Å². The first kappa shape index (κ1) is 8.27. The zero-order chi connectivity index (χ0) is 9.54. The quantitative estimate of drug-likeness (QED) is 0.671. The van der Waals surface area contributed by atoms with E-state index in [0.29, 0.717) is 11.7 Å². The zero-order valence-corrected chi connectivity index (χ0v) is 8.11. The number of rotatable bonds is 2. The second-order valence-electron chi connectivity index (χ2n) is 4.62. The SMILES string of the molecule is O=C(c1ccco1)C1CC2CCC1C2. The van der Waals surface area contributed by atoms with E-state index in [1.807, 2.05) is 0 Å². The summed E-state index contributed by atoms with van der Waals surface area (Å²) in [6, 6.07) is 3.58. The molecule has 3 atom stereocenters. The first-order valence-corrected chi connectivity index (χ1v) is 5.42. The van der Waals surface area contributed by atoms with Crippen molar-refractivity contribution in [2.24, 2.45) is 17.8 Å². The van der Waals surface area contributed by atoms with E-state index in [1.165, 1.54) is 19.3 Å². The molecule has 2 bridgehead atoms. The van der Waals surface area contributed by atoms with Crippen molar-refractivity contribution in [1.29, 1.82) is 0 Å². The van der Waals surface area contributed by atoms with Gasteiger partial charge in [-0.1, -0.05) is 6.42 Å². The van der Waals surface area contributed by atoms with Crippen molar-refractivity contribution < 1.29 is 9.21 Å². The summed E-state index contributed by atoms with van der Waals surface area (Å²) in [6.07, 6.45) is 6.55. The Balaban J connectivity index is 1.81. The average Bonchev–Trinajstić information content (AvgIpc) is 2.93. The van der Waals surface area contributed by atoms with E-state index in [9.17, 15) is 4.79 Å². The van der Waals surface area contributed by atoms with Gasteiger partial charge in [-0.05, 0) is 43.2 Å². The molecule has 2 saturated carbocycles. The van der Waals surface area contributed by atoms with Gasteiger partial charge in [0, 0.05) is 5.92 Å². The average molecular weight is 190 g/mol. The number of furan rings is 1. The molecule has 0 N–H and O–H groups in total. The highest BCUT2D eigenvalue weighted by atomic mass is 16.3. The third-order valence-corrected chi connectivity index (χ3v) is 3.84. The minimum Gasteiger partial charge on any atom is -0.461 e. The molecule has 14 heavy (non-hydrogen) atoms. The van der Waals surface area contributed by atoms with Gasteiger partial charge in [-0.3, -0.25) is 4.79 Å². The summed E-state index contributed by atoms with van der Waals surface area (Å²) in [7, 11) is 0. The van der Waals surface area contributed by atoms with Crippen LogP contribution in [0.4, 0.5) is 0 Å². The summed E-state index contributed by atoms with van der Waals surface area (Å²) in [6.45, 7) is 0. The number of carbonyl (C=O) groups is 1. The van der Waals surface area contributed by atoms with Crippen molar-refractivity contribution in [1.82, 2.24) is 0 Å². The van der Waals surface area contributed by atoms with E-state index in [4.69, 9.17) is 4.42 Å².